The van der Waals surface area contributed by atoms with Crippen LogP contribution in [0.15, 0.2) is 87.4 Å². The van der Waals surface area contributed by atoms with Crippen molar-refractivity contribution >= 4 is 9.84 Å². The molecule has 0 spiro atoms. The molecule has 0 radical (unpaired) electrons. The number of nitrogens with one attached hydrogen (secondary N) is 1. The first-order valence-electron chi connectivity index (χ1n) is 10.2. The Balaban J connectivity index is 1.60. The van der Waals surface area contributed by atoms with Gasteiger partial charge in [0.15, 0.2) is 0 Å². The SMILES string of the molecule is Cc1cc2c(n1Cc1ccccc1)CCc1cc(S(=O)(=O)c3ccccc3)c(=O)[nH]c1-2. The fraction of sp³-hybridized carbons (Fsp3) is 0.160. The number of H-pyrrole nitrogens is 1. The Hall–Kier alpha value is -3.38. The van der Waals surface area contributed by atoms with Gasteiger partial charge in [-0.1, -0.05) is 48.5 Å². The number of sulfone groups is 1. The average molecular weight is 431 g/mol. The van der Waals surface area contributed by atoms with Crippen LogP contribution < -0.4 is 5.56 Å². The summed E-state index contributed by atoms with van der Waals surface area (Å²) < 4.78 is 28.3. The third-order valence-corrected chi connectivity index (χ3v) is 7.71. The van der Waals surface area contributed by atoms with E-state index < -0.39 is 15.4 Å². The fourth-order valence-electron chi connectivity index (χ4n) is 4.37. The molecule has 0 amide bonds. The highest BCUT2D eigenvalue weighted by molar-refractivity contribution is 7.91. The van der Waals surface area contributed by atoms with Crippen LogP contribution in [0.1, 0.15) is 22.5 Å². The third-order valence-electron chi connectivity index (χ3n) is 5.93. The van der Waals surface area contributed by atoms with Crippen LogP contribution in [0, 0.1) is 6.92 Å². The van der Waals surface area contributed by atoms with E-state index in [1.807, 2.05) is 18.2 Å². The number of benzene rings is 2. The summed E-state index contributed by atoms with van der Waals surface area (Å²) in [7, 11) is -3.87. The van der Waals surface area contributed by atoms with E-state index in [0.717, 1.165) is 35.5 Å². The van der Waals surface area contributed by atoms with Crippen LogP contribution >= 0.6 is 0 Å². The van der Waals surface area contributed by atoms with Crippen molar-refractivity contribution in [3.8, 4) is 11.3 Å². The Morgan fingerprint density at radius 2 is 1.61 bits per heavy atom. The second-order valence-corrected chi connectivity index (χ2v) is 9.82. The minimum absolute atomic E-state index is 0.127. The van der Waals surface area contributed by atoms with Gasteiger partial charge in [-0.25, -0.2) is 8.42 Å². The van der Waals surface area contributed by atoms with Gasteiger partial charge < -0.3 is 9.55 Å². The Morgan fingerprint density at radius 3 is 2.32 bits per heavy atom. The highest BCUT2D eigenvalue weighted by atomic mass is 32.2. The molecule has 5 nitrogen and oxygen atoms in total. The Morgan fingerprint density at radius 1 is 0.935 bits per heavy atom. The predicted octanol–water partition coefficient (Wildman–Crippen LogP) is 4.13. The number of pyridine rings is 1. The second kappa shape index (κ2) is 7.39. The average Bonchev–Trinajstić information content (AvgIpc) is 3.10. The molecule has 0 saturated carbocycles. The van der Waals surface area contributed by atoms with Crippen LogP contribution in [0.25, 0.3) is 11.3 Å². The quantitative estimate of drug-likeness (QED) is 0.529. The molecular formula is C25H22N2O3S. The zero-order valence-corrected chi connectivity index (χ0v) is 17.9. The van der Waals surface area contributed by atoms with E-state index >= 15 is 0 Å². The first-order chi connectivity index (χ1) is 14.9. The maximum absolute atomic E-state index is 13.0. The molecule has 0 bridgehead atoms. The molecule has 4 aromatic rings. The van der Waals surface area contributed by atoms with Crippen molar-refractivity contribution < 1.29 is 8.42 Å². The van der Waals surface area contributed by atoms with Gasteiger partial charge in [0.2, 0.25) is 9.84 Å². The van der Waals surface area contributed by atoms with E-state index in [1.54, 1.807) is 24.3 Å². The first kappa shape index (κ1) is 19.6. The van der Waals surface area contributed by atoms with Crippen molar-refractivity contribution in [3.63, 3.8) is 0 Å². The van der Waals surface area contributed by atoms with Gasteiger partial charge >= 0.3 is 0 Å². The summed E-state index contributed by atoms with van der Waals surface area (Å²) in [5, 5.41) is 0. The number of fused-ring (bicyclic) bond motifs is 3. The zero-order valence-electron chi connectivity index (χ0n) is 17.1. The minimum Gasteiger partial charge on any atom is -0.344 e. The molecule has 156 valence electrons. The summed E-state index contributed by atoms with van der Waals surface area (Å²) >= 11 is 0. The fourth-order valence-corrected chi connectivity index (χ4v) is 5.73. The van der Waals surface area contributed by atoms with Crippen LogP contribution in [0.2, 0.25) is 0 Å². The highest BCUT2D eigenvalue weighted by Crippen LogP contribution is 2.35. The van der Waals surface area contributed by atoms with Gasteiger partial charge in [-0.3, -0.25) is 4.79 Å². The largest absolute Gasteiger partial charge is 0.344 e. The van der Waals surface area contributed by atoms with E-state index in [0.29, 0.717) is 6.42 Å². The monoisotopic (exact) mass is 430 g/mol. The number of hydrogen-bond acceptors (Lipinski definition) is 3. The lowest BCUT2D eigenvalue weighted by atomic mass is 9.94. The number of rotatable bonds is 4. The first-order valence-corrected chi connectivity index (χ1v) is 11.7. The van der Waals surface area contributed by atoms with Crippen molar-refractivity contribution in [3.05, 3.63) is 106 Å². The van der Waals surface area contributed by atoms with Crippen LogP contribution in [0.4, 0.5) is 0 Å². The van der Waals surface area contributed by atoms with E-state index in [2.05, 4.69) is 34.7 Å². The molecule has 2 aromatic heterocycles. The number of aryl methyl sites for hydroxylation is 2. The van der Waals surface area contributed by atoms with Gasteiger partial charge in [0.1, 0.15) is 4.90 Å². The minimum atomic E-state index is -3.87. The predicted molar refractivity (Wildman–Crippen MR) is 120 cm³/mol. The van der Waals surface area contributed by atoms with Gasteiger partial charge in [-0.15, -0.1) is 0 Å². The molecule has 6 heteroatoms. The molecular weight excluding hydrogens is 408 g/mol. The molecule has 31 heavy (non-hydrogen) atoms. The maximum atomic E-state index is 13.0. The molecule has 0 atom stereocenters. The number of hydrogen-bond donors (Lipinski definition) is 1. The van der Waals surface area contributed by atoms with Crippen molar-refractivity contribution in [2.24, 2.45) is 0 Å². The third kappa shape index (κ3) is 3.33. The van der Waals surface area contributed by atoms with Crippen molar-refractivity contribution in [1.29, 1.82) is 0 Å². The lowest BCUT2D eigenvalue weighted by molar-refractivity contribution is 0.594. The van der Waals surface area contributed by atoms with E-state index in [4.69, 9.17) is 0 Å². The molecule has 0 unspecified atom stereocenters. The van der Waals surface area contributed by atoms with Gasteiger partial charge in [0.05, 0.1) is 10.6 Å². The molecule has 0 fully saturated rings. The molecule has 2 heterocycles. The lowest BCUT2D eigenvalue weighted by Gasteiger charge is -2.20. The Labute approximate surface area is 180 Å². The summed E-state index contributed by atoms with van der Waals surface area (Å²) in [6, 6.07) is 22.0. The lowest BCUT2D eigenvalue weighted by Crippen LogP contribution is -2.22. The summed E-state index contributed by atoms with van der Waals surface area (Å²) in [5.41, 5.74) is 5.49. The maximum Gasteiger partial charge on any atom is 0.267 e. The van der Waals surface area contributed by atoms with Crippen LogP contribution in [-0.4, -0.2) is 18.0 Å². The summed E-state index contributed by atoms with van der Waals surface area (Å²) in [6.45, 7) is 2.83. The number of aromatic nitrogens is 2. The molecule has 1 aliphatic rings. The zero-order chi connectivity index (χ0) is 21.6. The van der Waals surface area contributed by atoms with Crippen molar-refractivity contribution in [2.75, 3.05) is 0 Å². The molecule has 2 aromatic carbocycles. The van der Waals surface area contributed by atoms with Gasteiger partial charge in [-0.05, 0) is 55.2 Å². The normalized spacial score (nSPS) is 12.9. The molecule has 0 saturated heterocycles. The number of aromatic amines is 1. The van der Waals surface area contributed by atoms with Gasteiger partial charge in [-0.2, -0.15) is 0 Å². The van der Waals surface area contributed by atoms with Crippen LogP contribution in [0.5, 0.6) is 0 Å². The van der Waals surface area contributed by atoms with Crippen molar-refractivity contribution in [2.45, 2.75) is 36.1 Å². The smallest absolute Gasteiger partial charge is 0.267 e. The van der Waals surface area contributed by atoms with E-state index in [-0.39, 0.29) is 9.79 Å². The standard InChI is InChI=1S/C25H22N2O3S/c1-17-14-21-22(27(17)16-18-8-4-2-5-9-18)13-12-19-15-23(25(28)26-24(19)21)31(29,30)20-10-6-3-7-11-20/h2-11,14-15H,12-13,16H2,1H3,(H,26,28). The second-order valence-electron chi connectivity index (χ2n) is 7.90. The van der Waals surface area contributed by atoms with Crippen LogP contribution in [-0.2, 0) is 29.2 Å². The van der Waals surface area contributed by atoms with E-state index in [1.165, 1.54) is 23.4 Å². The summed E-state index contributed by atoms with van der Waals surface area (Å²) in [4.78, 5) is 15.7. The summed E-state index contributed by atoms with van der Waals surface area (Å²) in [5.74, 6) is 0. The van der Waals surface area contributed by atoms with Gasteiger partial charge in [0.25, 0.3) is 5.56 Å². The number of nitrogens with zero attached hydrogens (tertiary/aromatic N) is 1. The molecule has 1 aliphatic carbocycles. The molecule has 0 aliphatic heterocycles. The Kier molecular flexibility index (Phi) is 4.67. The topological polar surface area (TPSA) is 71.9 Å². The summed E-state index contributed by atoms with van der Waals surface area (Å²) in [6.07, 6.45) is 1.47. The van der Waals surface area contributed by atoms with Crippen molar-refractivity contribution in [1.82, 2.24) is 9.55 Å². The van der Waals surface area contributed by atoms with E-state index in [9.17, 15) is 13.2 Å². The molecule has 5 rings (SSSR count). The van der Waals surface area contributed by atoms with Gasteiger partial charge in [0, 0.05) is 23.5 Å². The molecule has 1 N–H and O–H groups in total. The highest BCUT2D eigenvalue weighted by Gasteiger charge is 2.27. The Bertz CT molecular complexity index is 1430. The van der Waals surface area contributed by atoms with Crippen LogP contribution in [0.3, 0.4) is 0 Å².